The molecule has 94 valence electrons. The van der Waals surface area contributed by atoms with Gasteiger partial charge in [0.15, 0.2) is 0 Å². The molecule has 1 aliphatic heterocycles. The Morgan fingerprint density at radius 1 is 1.17 bits per heavy atom. The molecule has 2 aromatic heterocycles. The number of carbonyl (C=O) groups excluding carboxylic acids is 1. The van der Waals surface area contributed by atoms with Gasteiger partial charge in [-0.3, -0.25) is 10.1 Å². The zero-order valence-electron chi connectivity index (χ0n) is 10.1. The molecule has 0 spiro atoms. The van der Waals surface area contributed by atoms with Gasteiger partial charge in [0.25, 0.3) is 0 Å². The van der Waals surface area contributed by atoms with E-state index in [0.717, 1.165) is 11.5 Å². The van der Waals surface area contributed by atoms with E-state index in [1.54, 1.807) is 12.5 Å². The molecule has 1 aliphatic rings. The molecule has 0 unspecified atom stereocenters. The van der Waals surface area contributed by atoms with Crippen molar-refractivity contribution in [2.24, 2.45) is 5.92 Å². The molecule has 0 aliphatic carbocycles. The lowest BCUT2D eigenvalue weighted by Crippen LogP contribution is -2.40. The van der Waals surface area contributed by atoms with E-state index in [2.05, 4.69) is 5.32 Å². The predicted molar refractivity (Wildman–Crippen MR) is 64.8 cm³/mol. The monoisotopic (exact) mass is 245 g/mol. The maximum atomic E-state index is 12.1. The van der Waals surface area contributed by atoms with Gasteiger partial charge in [0.1, 0.15) is 17.3 Å². The summed E-state index contributed by atoms with van der Waals surface area (Å²) in [7, 11) is 0. The number of nitrogens with one attached hydrogen (secondary N) is 1. The molecule has 4 nitrogen and oxygen atoms in total. The van der Waals surface area contributed by atoms with Crippen molar-refractivity contribution in [1.82, 2.24) is 5.32 Å². The van der Waals surface area contributed by atoms with Gasteiger partial charge in [0.2, 0.25) is 0 Å². The molecule has 0 aromatic carbocycles. The Kier molecular flexibility index (Phi) is 2.80. The van der Waals surface area contributed by atoms with Crippen molar-refractivity contribution in [2.45, 2.75) is 25.4 Å². The Morgan fingerprint density at radius 2 is 1.83 bits per heavy atom. The summed E-state index contributed by atoms with van der Waals surface area (Å²) in [6.45, 7) is 1.93. The molecule has 1 N–H and O–H groups in total. The van der Waals surface area contributed by atoms with E-state index in [-0.39, 0.29) is 23.8 Å². The van der Waals surface area contributed by atoms with Crippen LogP contribution >= 0.6 is 0 Å². The lowest BCUT2D eigenvalue weighted by Gasteiger charge is -2.32. The Balaban J connectivity index is 1.88. The number of hydrogen-bond acceptors (Lipinski definition) is 4. The maximum Gasteiger partial charge on any atom is 0.139 e. The quantitative estimate of drug-likeness (QED) is 0.883. The van der Waals surface area contributed by atoms with Crippen molar-refractivity contribution in [2.75, 3.05) is 0 Å². The summed E-state index contributed by atoms with van der Waals surface area (Å²) >= 11 is 0. The molecule has 3 atom stereocenters. The second-order valence-corrected chi connectivity index (χ2v) is 4.69. The van der Waals surface area contributed by atoms with Crippen LogP contribution in [0.4, 0.5) is 0 Å². The third kappa shape index (κ3) is 1.88. The number of ketones is 1. The van der Waals surface area contributed by atoms with E-state index < -0.39 is 0 Å². The lowest BCUT2D eigenvalue weighted by molar-refractivity contribution is -0.126. The van der Waals surface area contributed by atoms with Gasteiger partial charge in [-0.1, -0.05) is 6.92 Å². The number of Topliss-reactive ketones (excluding diaryl/α,β-unsaturated/α-hetero) is 1. The van der Waals surface area contributed by atoms with Crippen molar-refractivity contribution in [1.29, 1.82) is 0 Å². The standard InChI is InChI=1S/C14H15NO3/c1-9-11(16)8-10(12-4-2-6-17-12)15-14(9)13-5-3-7-18-13/h2-7,9-10,14-15H,8H2,1H3/t9-,10-,14-/m1/s1. The highest BCUT2D eigenvalue weighted by molar-refractivity contribution is 5.83. The first-order valence-electron chi connectivity index (χ1n) is 6.11. The SMILES string of the molecule is C[C@@H]1C(=O)C[C@H](c2ccco2)N[C@H]1c1ccco1. The van der Waals surface area contributed by atoms with Crippen LogP contribution in [0.3, 0.4) is 0 Å². The molecule has 4 heteroatoms. The van der Waals surface area contributed by atoms with Crippen LogP contribution in [0.2, 0.25) is 0 Å². The average Bonchev–Trinajstić information content (AvgIpc) is 3.03. The third-order valence-electron chi connectivity index (χ3n) is 3.53. The minimum absolute atomic E-state index is 0.0706. The fraction of sp³-hybridized carbons (Fsp3) is 0.357. The fourth-order valence-electron chi connectivity index (χ4n) is 2.46. The van der Waals surface area contributed by atoms with Crippen LogP contribution in [0.25, 0.3) is 0 Å². The summed E-state index contributed by atoms with van der Waals surface area (Å²) in [5.41, 5.74) is 0. The van der Waals surface area contributed by atoms with Gasteiger partial charge in [0.05, 0.1) is 24.6 Å². The molecule has 0 radical (unpaired) electrons. The van der Waals surface area contributed by atoms with E-state index in [9.17, 15) is 4.79 Å². The highest BCUT2D eigenvalue weighted by Crippen LogP contribution is 2.34. The van der Waals surface area contributed by atoms with Gasteiger partial charge in [0, 0.05) is 12.3 Å². The normalized spacial score (nSPS) is 28.5. The highest BCUT2D eigenvalue weighted by Gasteiger charge is 2.37. The minimum Gasteiger partial charge on any atom is -0.468 e. The first-order valence-corrected chi connectivity index (χ1v) is 6.11. The molecule has 2 aromatic rings. The van der Waals surface area contributed by atoms with E-state index in [1.807, 2.05) is 31.2 Å². The highest BCUT2D eigenvalue weighted by atomic mass is 16.3. The topological polar surface area (TPSA) is 55.4 Å². The molecule has 0 bridgehead atoms. The third-order valence-corrected chi connectivity index (χ3v) is 3.53. The van der Waals surface area contributed by atoms with Gasteiger partial charge >= 0.3 is 0 Å². The number of piperidine rings is 1. The number of hydrogen-bond donors (Lipinski definition) is 1. The van der Waals surface area contributed by atoms with Crippen molar-refractivity contribution in [3.63, 3.8) is 0 Å². The average molecular weight is 245 g/mol. The Morgan fingerprint density at radius 3 is 2.44 bits per heavy atom. The molecule has 0 saturated carbocycles. The van der Waals surface area contributed by atoms with Gasteiger partial charge in [-0.25, -0.2) is 0 Å². The largest absolute Gasteiger partial charge is 0.468 e. The fourth-order valence-corrected chi connectivity index (χ4v) is 2.46. The van der Waals surface area contributed by atoms with E-state index >= 15 is 0 Å². The number of rotatable bonds is 2. The minimum atomic E-state index is -0.0867. The molecular weight excluding hydrogens is 230 g/mol. The van der Waals surface area contributed by atoms with Gasteiger partial charge in [-0.05, 0) is 24.3 Å². The first kappa shape index (κ1) is 11.3. The lowest BCUT2D eigenvalue weighted by atomic mass is 9.85. The van der Waals surface area contributed by atoms with E-state index in [4.69, 9.17) is 8.83 Å². The molecule has 1 saturated heterocycles. The first-order chi connectivity index (χ1) is 8.75. The van der Waals surface area contributed by atoms with Crippen molar-refractivity contribution in [3.05, 3.63) is 48.3 Å². The Labute approximate surface area is 105 Å². The molecule has 18 heavy (non-hydrogen) atoms. The van der Waals surface area contributed by atoms with Crippen LogP contribution in [0.5, 0.6) is 0 Å². The van der Waals surface area contributed by atoms with Gasteiger partial charge < -0.3 is 8.83 Å². The number of furan rings is 2. The zero-order valence-corrected chi connectivity index (χ0v) is 10.1. The smallest absolute Gasteiger partial charge is 0.139 e. The molecule has 1 fully saturated rings. The van der Waals surface area contributed by atoms with Crippen LogP contribution in [-0.2, 0) is 4.79 Å². The molecule has 3 heterocycles. The van der Waals surface area contributed by atoms with Crippen molar-refractivity contribution >= 4 is 5.78 Å². The van der Waals surface area contributed by atoms with Gasteiger partial charge in [-0.2, -0.15) is 0 Å². The Hall–Kier alpha value is -1.81. The number of carbonyl (C=O) groups is 1. The van der Waals surface area contributed by atoms with Crippen LogP contribution in [0, 0.1) is 5.92 Å². The molecule has 3 rings (SSSR count). The second-order valence-electron chi connectivity index (χ2n) is 4.69. The predicted octanol–water partition coefficient (Wildman–Crippen LogP) is 2.85. The van der Waals surface area contributed by atoms with Crippen molar-refractivity contribution < 1.29 is 13.6 Å². The van der Waals surface area contributed by atoms with Crippen molar-refractivity contribution in [3.8, 4) is 0 Å². The summed E-state index contributed by atoms with van der Waals surface area (Å²) in [6.07, 6.45) is 3.72. The summed E-state index contributed by atoms with van der Waals surface area (Å²) in [5, 5.41) is 3.43. The van der Waals surface area contributed by atoms with E-state index in [1.165, 1.54) is 0 Å². The zero-order chi connectivity index (χ0) is 12.5. The van der Waals surface area contributed by atoms with Crippen LogP contribution in [0.1, 0.15) is 36.9 Å². The summed E-state index contributed by atoms with van der Waals surface area (Å²) in [6, 6.07) is 7.30. The maximum absolute atomic E-state index is 12.1. The second kappa shape index (κ2) is 4.46. The summed E-state index contributed by atoms with van der Waals surface area (Å²) in [4.78, 5) is 12.1. The summed E-state index contributed by atoms with van der Waals surface area (Å²) < 4.78 is 10.8. The molecule has 0 amide bonds. The summed E-state index contributed by atoms with van der Waals surface area (Å²) in [5.74, 6) is 1.75. The van der Waals surface area contributed by atoms with Gasteiger partial charge in [-0.15, -0.1) is 0 Å². The molecular formula is C14H15NO3. The van der Waals surface area contributed by atoms with Crippen LogP contribution in [-0.4, -0.2) is 5.78 Å². The van der Waals surface area contributed by atoms with E-state index in [0.29, 0.717) is 6.42 Å². The van der Waals surface area contributed by atoms with Crippen LogP contribution in [0.15, 0.2) is 45.6 Å². The Bertz CT molecular complexity index is 515. The van der Waals surface area contributed by atoms with Crippen LogP contribution < -0.4 is 5.32 Å².